The maximum atomic E-state index is 13.4. The van der Waals surface area contributed by atoms with Crippen LogP contribution in [-0.4, -0.2) is 46.8 Å². The maximum absolute atomic E-state index is 13.4. The summed E-state index contributed by atoms with van der Waals surface area (Å²) >= 11 is 1.52. The molecule has 6 nitrogen and oxygen atoms in total. The van der Waals surface area contributed by atoms with Crippen LogP contribution in [0.5, 0.6) is 0 Å². The molecule has 2 N–H and O–H groups in total. The average molecular weight is 467 g/mol. The number of H-pyrrole nitrogens is 1. The number of aromatic nitrogens is 2. The summed E-state index contributed by atoms with van der Waals surface area (Å²) in [4.78, 5) is 32.1. The summed E-state index contributed by atoms with van der Waals surface area (Å²) in [5.74, 6) is 0.451. The number of hydrogen-bond acceptors (Lipinski definition) is 4. The second-order valence-electron chi connectivity index (χ2n) is 9.24. The molecule has 2 aromatic heterocycles. The fourth-order valence-corrected chi connectivity index (χ4v) is 5.92. The van der Waals surface area contributed by atoms with E-state index in [4.69, 9.17) is 0 Å². The van der Waals surface area contributed by atoms with E-state index in [1.54, 1.807) is 0 Å². The molecule has 7 heteroatoms. The lowest BCUT2D eigenvalue weighted by molar-refractivity contribution is 0.0951. The predicted octanol–water partition coefficient (Wildman–Crippen LogP) is 4.50. The Balaban J connectivity index is 1.65. The lowest BCUT2D eigenvalue weighted by Crippen LogP contribution is -2.33. The number of benzene rings is 1. The van der Waals surface area contributed by atoms with Crippen molar-refractivity contribution < 1.29 is 4.79 Å². The third-order valence-corrected chi connectivity index (χ3v) is 7.92. The Morgan fingerprint density at radius 2 is 1.94 bits per heavy atom. The third kappa shape index (κ3) is 4.62. The molecule has 0 saturated carbocycles. The molecular weight excluding hydrogens is 432 g/mol. The fourth-order valence-electron chi connectivity index (χ4n) is 5.22. The van der Waals surface area contributed by atoms with Gasteiger partial charge in [-0.25, -0.2) is 0 Å². The van der Waals surface area contributed by atoms with Crippen LogP contribution in [-0.2, 0) is 6.54 Å². The zero-order valence-electron chi connectivity index (χ0n) is 20.2. The molecule has 1 amide bonds. The molecule has 3 aromatic rings. The molecule has 1 aliphatic rings. The number of aryl methyl sites for hydroxylation is 1. The van der Waals surface area contributed by atoms with E-state index in [0.29, 0.717) is 23.1 Å². The molecule has 1 aliphatic heterocycles. The van der Waals surface area contributed by atoms with Crippen LogP contribution < -0.4 is 10.9 Å². The van der Waals surface area contributed by atoms with Gasteiger partial charge in [-0.05, 0) is 78.1 Å². The number of carbonyl (C=O) groups is 1. The van der Waals surface area contributed by atoms with Crippen molar-refractivity contribution in [2.75, 3.05) is 26.4 Å². The van der Waals surface area contributed by atoms with Crippen LogP contribution in [0.25, 0.3) is 10.9 Å². The van der Waals surface area contributed by atoms with Gasteiger partial charge in [0.2, 0.25) is 0 Å². The molecular formula is C26H34N4O2S. The van der Waals surface area contributed by atoms with Crippen molar-refractivity contribution in [3.63, 3.8) is 0 Å². The van der Waals surface area contributed by atoms with Crippen molar-refractivity contribution in [2.45, 2.75) is 51.1 Å². The number of pyridine rings is 1. The Kier molecular flexibility index (Phi) is 7.00. The van der Waals surface area contributed by atoms with Crippen molar-refractivity contribution >= 4 is 28.6 Å². The number of nitrogens with zero attached hydrogens (tertiary/aromatic N) is 2. The summed E-state index contributed by atoms with van der Waals surface area (Å²) in [6.07, 6.45) is 4.28. The maximum Gasteiger partial charge on any atom is 0.254 e. The number of thioether (sulfide) groups is 1. The summed E-state index contributed by atoms with van der Waals surface area (Å²) in [7, 11) is 2.18. The summed E-state index contributed by atoms with van der Waals surface area (Å²) < 4.78 is 2.35. The van der Waals surface area contributed by atoms with Gasteiger partial charge in [0, 0.05) is 45.3 Å². The lowest BCUT2D eigenvalue weighted by Gasteiger charge is -2.34. The number of nitrogens with one attached hydrogen (secondary N) is 2. The monoisotopic (exact) mass is 466 g/mol. The quantitative estimate of drug-likeness (QED) is 0.525. The lowest BCUT2D eigenvalue weighted by atomic mass is 9.90. The number of amides is 1. The molecule has 0 bridgehead atoms. The zero-order chi connectivity index (χ0) is 23.7. The number of rotatable bonds is 6. The van der Waals surface area contributed by atoms with Gasteiger partial charge in [-0.2, -0.15) is 0 Å². The Bertz CT molecular complexity index is 1220. The highest BCUT2D eigenvalue weighted by Gasteiger charge is 2.28. The number of hydrogen-bond donors (Lipinski definition) is 2. The number of para-hydroxylation sites is 1. The van der Waals surface area contributed by atoms with E-state index >= 15 is 0 Å². The predicted molar refractivity (Wildman–Crippen MR) is 136 cm³/mol. The zero-order valence-corrected chi connectivity index (χ0v) is 21.0. The Morgan fingerprint density at radius 1 is 1.24 bits per heavy atom. The van der Waals surface area contributed by atoms with Crippen LogP contribution in [0.15, 0.2) is 40.0 Å². The van der Waals surface area contributed by atoms with E-state index in [9.17, 15) is 9.59 Å². The highest BCUT2D eigenvalue weighted by molar-refractivity contribution is 7.98. The van der Waals surface area contributed by atoms with Gasteiger partial charge in [-0.1, -0.05) is 18.2 Å². The Hall–Kier alpha value is -2.51. The molecule has 1 atom stereocenters. The van der Waals surface area contributed by atoms with Crippen LogP contribution in [0, 0.1) is 19.8 Å². The first-order chi connectivity index (χ1) is 15.8. The van der Waals surface area contributed by atoms with Crippen LogP contribution in [0.3, 0.4) is 0 Å². The van der Waals surface area contributed by atoms with Crippen LogP contribution in [0.4, 0.5) is 0 Å². The Morgan fingerprint density at radius 3 is 2.64 bits per heavy atom. The molecule has 176 valence electrons. The molecule has 1 aromatic carbocycles. The number of piperidine rings is 1. The number of likely N-dealkylation sites (tertiary alicyclic amines) is 1. The number of aromatic amines is 1. The highest BCUT2D eigenvalue weighted by atomic mass is 32.2. The second-order valence-corrected chi connectivity index (χ2v) is 10.1. The molecule has 1 saturated heterocycles. The summed E-state index contributed by atoms with van der Waals surface area (Å²) in [6.45, 7) is 8.63. The highest BCUT2D eigenvalue weighted by Crippen LogP contribution is 2.35. The molecule has 1 fully saturated rings. The molecule has 0 aliphatic carbocycles. The van der Waals surface area contributed by atoms with Gasteiger partial charge in [0.1, 0.15) is 0 Å². The van der Waals surface area contributed by atoms with Crippen molar-refractivity contribution in [2.24, 2.45) is 5.92 Å². The fraction of sp³-hybridized carbons (Fsp3) is 0.462. The standard InChI is InChI=1S/C26H34N4O2S/c1-16-14-23(33-5)21(25(31)28-16)15-27-26(32)24-18(3)30(22-9-7-6-8-20(22)24)17(2)19-10-12-29(4)13-11-19/h6-9,14,17,19H,10-13,15H2,1-5H3,(H,27,32)(H,28,31)/t17-/m1/s1. The van der Waals surface area contributed by atoms with E-state index in [1.165, 1.54) is 24.6 Å². The van der Waals surface area contributed by atoms with E-state index in [2.05, 4.69) is 39.8 Å². The van der Waals surface area contributed by atoms with Gasteiger partial charge in [0.15, 0.2) is 0 Å². The van der Waals surface area contributed by atoms with Gasteiger partial charge >= 0.3 is 0 Å². The first-order valence-corrected chi connectivity index (χ1v) is 12.9. The normalized spacial score (nSPS) is 16.3. The van der Waals surface area contributed by atoms with Crippen molar-refractivity contribution in [3.05, 3.63) is 63.2 Å². The van der Waals surface area contributed by atoms with Gasteiger partial charge in [-0.3, -0.25) is 9.59 Å². The summed E-state index contributed by atoms with van der Waals surface area (Å²) in [5, 5.41) is 4.00. The smallest absolute Gasteiger partial charge is 0.254 e. The summed E-state index contributed by atoms with van der Waals surface area (Å²) in [5.41, 5.74) is 4.07. The summed E-state index contributed by atoms with van der Waals surface area (Å²) in [6, 6.07) is 10.4. The molecule has 33 heavy (non-hydrogen) atoms. The van der Waals surface area contributed by atoms with E-state index in [-0.39, 0.29) is 18.0 Å². The van der Waals surface area contributed by atoms with Gasteiger partial charge in [0.25, 0.3) is 11.5 Å². The molecule has 0 radical (unpaired) electrons. The van der Waals surface area contributed by atoms with Gasteiger partial charge in [0.05, 0.1) is 5.56 Å². The van der Waals surface area contributed by atoms with Crippen molar-refractivity contribution in [3.8, 4) is 0 Å². The van der Waals surface area contributed by atoms with E-state index in [1.807, 2.05) is 44.4 Å². The molecule has 4 rings (SSSR count). The average Bonchev–Trinajstić information content (AvgIpc) is 3.09. The van der Waals surface area contributed by atoms with Gasteiger partial charge in [-0.15, -0.1) is 11.8 Å². The largest absolute Gasteiger partial charge is 0.348 e. The van der Waals surface area contributed by atoms with Crippen molar-refractivity contribution in [1.82, 2.24) is 19.8 Å². The Labute approximate surface area is 199 Å². The van der Waals surface area contributed by atoms with Crippen LogP contribution >= 0.6 is 11.8 Å². The third-order valence-electron chi connectivity index (χ3n) is 7.11. The SMILES string of the molecule is CSc1cc(C)[nH]c(=O)c1CNC(=O)c1c(C)n([C@H](C)C2CCN(C)CC2)c2ccccc12. The first kappa shape index (κ1) is 23.6. The topological polar surface area (TPSA) is 70.1 Å². The van der Waals surface area contributed by atoms with E-state index in [0.717, 1.165) is 40.3 Å². The minimum Gasteiger partial charge on any atom is -0.348 e. The molecule has 0 spiro atoms. The second kappa shape index (κ2) is 9.77. The number of fused-ring (bicyclic) bond motifs is 1. The minimum atomic E-state index is -0.144. The molecule has 0 unspecified atom stereocenters. The first-order valence-electron chi connectivity index (χ1n) is 11.6. The molecule has 3 heterocycles. The van der Waals surface area contributed by atoms with Crippen LogP contribution in [0.2, 0.25) is 0 Å². The van der Waals surface area contributed by atoms with Gasteiger partial charge < -0.3 is 19.8 Å². The van der Waals surface area contributed by atoms with Crippen LogP contribution in [0.1, 0.15) is 53.1 Å². The minimum absolute atomic E-state index is 0.134. The number of carbonyl (C=O) groups excluding carboxylic acids is 1. The van der Waals surface area contributed by atoms with E-state index < -0.39 is 0 Å². The van der Waals surface area contributed by atoms with Crippen molar-refractivity contribution in [1.29, 1.82) is 0 Å².